The van der Waals surface area contributed by atoms with Gasteiger partial charge in [-0.3, -0.25) is 9.59 Å². The van der Waals surface area contributed by atoms with E-state index in [1.807, 2.05) is 0 Å². The average molecular weight is 267 g/mol. The molecule has 3 aliphatic carbocycles. The predicted molar refractivity (Wildman–Crippen MR) is 66.9 cm³/mol. The van der Waals surface area contributed by atoms with Crippen LogP contribution >= 0.6 is 0 Å². The highest BCUT2D eigenvalue weighted by Gasteiger charge is 2.81. The smallest absolute Gasteiger partial charge is 0.326 e. The van der Waals surface area contributed by atoms with E-state index in [0.29, 0.717) is 19.6 Å². The molecule has 1 spiro atoms. The lowest BCUT2D eigenvalue weighted by atomic mass is 9.86. The molecule has 0 saturated heterocycles. The summed E-state index contributed by atoms with van der Waals surface area (Å²) in [6, 6.07) is 0. The third kappa shape index (κ3) is 1.64. The van der Waals surface area contributed by atoms with E-state index in [9.17, 15) is 9.59 Å². The molecule has 0 unspecified atom stereocenters. The van der Waals surface area contributed by atoms with Gasteiger partial charge in [-0.15, -0.1) is 0 Å². The normalized spacial score (nSPS) is 40.7. The van der Waals surface area contributed by atoms with Crippen LogP contribution in [0.5, 0.6) is 0 Å². The summed E-state index contributed by atoms with van der Waals surface area (Å²) in [5.41, 5.74) is 5.47. The minimum atomic E-state index is -0.978. The molecule has 0 radical (unpaired) electrons. The van der Waals surface area contributed by atoms with Gasteiger partial charge in [-0.1, -0.05) is 0 Å². The van der Waals surface area contributed by atoms with Crippen LogP contribution < -0.4 is 5.73 Å². The first-order valence-corrected chi connectivity index (χ1v) is 7.13. The summed E-state index contributed by atoms with van der Waals surface area (Å²) in [5.74, 6) is -0.567. The van der Waals surface area contributed by atoms with E-state index in [1.165, 1.54) is 0 Å². The Kier molecular flexibility index (Phi) is 2.68. The molecule has 2 N–H and O–H groups in total. The Labute approximate surface area is 112 Å². The van der Waals surface area contributed by atoms with Crippen LogP contribution in [0.1, 0.15) is 33.1 Å². The summed E-state index contributed by atoms with van der Waals surface area (Å²) in [4.78, 5) is 24.1. The van der Waals surface area contributed by atoms with Gasteiger partial charge in [-0.25, -0.2) is 0 Å². The van der Waals surface area contributed by atoms with Gasteiger partial charge in [0.25, 0.3) is 0 Å². The minimum absolute atomic E-state index is 0.0758. The maximum atomic E-state index is 12.1. The maximum absolute atomic E-state index is 12.1. The van der Waals surface area contributed by atoms with Crippen molar-refractivity contribution in [3.05, 3.63) is 0 Å². The van der Waals surface area contributed by atoms with E-state index in [0.717, 1.165) is 12.8 Å². The first-order chi connectivity index (χ1) is 9.00. The second kappa shape index (κ2) is 3.95. The minimum Gasteiger partial charge on any atom is -0.466 e. The van der Waals surface area contributed by atoms with Crippen LogP contribution in [-0.4, -0.2) is 30.7 Å². The summed E-state index contributed by atoms with van der Waals surface area (Å²) in [5, 5.41) is 0. The van der Waals surface area contributed by atoms with Crippen molar-refractivity contribution in [2.24, 2.45) is 28.9 Å². The molecule has 19 heavy (non-hydrogen) atoms. The van der Waals surface area contributed by atoms with Crippen molar-refractivity contribution in [3.63, 3.8) is 0 Å². The standard InChI is InChI=1S/C14H21NO4/c1-3-18-11(16)8-9-10(8)14(15,12(17)19-4-2)7-13(9)5-6-13/h8-10H,3-7,15H2,1-2H3/t8-,9-,10+,14-/m0/s1. The zero-order valence-electron chi connectivity index (χ0n) is 11.5. The van der Waals surface area contributed by atoms with E-state index < -0.39 is 5.54 Å². The van der Waals surface area contributed by atoms with Crippen molar-refractivity contribution in [2.45, 2.75) is 38.6 Å². The number of rotatable bonds is 4. The number of fused-ring (bicyclic) bond motifs is 2. The molecule has 3 fully saturated rings. The molecule has 0 aromatic carbocycles. The SMILES string of the molecule is CCOC(=O)[C@H]1[C@H]2[C@@H]1[C@](N)(C(=O)OCC)CC21CC1. The number of carbonyl (C=O) groups is 2. The second-order valence-corrected chi connectivity index (χ2v) is 6.13. The van der Waals surface area contributed by atoms with E-state index in [1.54, 1.807) is 13.8 Å². The second-order valence-electron chi connectivity index (χ2n) is 6.13. The van der Waals surface area contributed by atoms with Gasteiger partial charge in [0.15, 0.2) is 0 Å². The Balaban J connectivity index is 1.81. The summed E-state index contributed by atoms with van der Waals surface area (Å²) in [7, 11) is 0. The molecule has 0 aromatic rings. The Bertz CT molecular complexity index is 431. The molecular weight excluding hydrogens is 246 g/mol. The molecule has 5 nitrogen and oxygen atoms in total. The summed E-state index contributed by atoms with van der Waals surface area (Å²) in [6.07, 6.45) is 2.81. The van der Waals surface area contributed by atoms with Crippen molar-refractivity contribution in [2.75, 3.05) is 13.2 Å². The van der Waals surface area contributed by atoms with Crippen molar-refractivity contribution >= 4 is 11.9 Å². The quantitative estimate of drug-likeness (QED) is 0.764. The Hall–Kier alpha value is -1.10. The van der Waals surface area contributed by atoms with Crippen LogP contribution in [0.25, 0.3) is 0 Å². The average Bonchev–Trinajstić information content (AvgIpc) is 3.20. The van der Waals surface area contributed by atoms with Crippen molar-refractivity contribution < 1.29 is 19.1 Å². The highest BCUT2D eigenvalue weighted by molar-refractivity contribution is 5.87. The molecule has 0 aliphatic heterocycles. The highest BCUT2D eigenvalue weighted by atomic mass is 16.5. The van der Waals surface area contributed by atoms with Crippen LogP contribution in [0.15, 0.2) is 0 Å². The van der Waals surface area contributed by atoms with Gasteiger partial charge >= 0.3 is 11.9 Å². The number of hydrogen-bond acceptors (Lipinski definition) is 5. The van der Waals surface area contributed by atoms with Gasteiger partial charge in [-0.05, 0) is 44.4 Å². The van der Waals surface area contributed by atoms with Crippen LogP contribution in [-0.2, 0) is 19.1 Å². The summed E-state index contributed by atoms with van der Waals surface area (Å²) >= 11 is 0. The molecule has 3 aliphatic rings. The van der Waals surface area contributed by atoms with Crippen LogP contribution in [0.2, 0.25) is 0 Å². The Morgan fingerprint density at radius 2 is 1.79 bits per heavy atom. The van der Waals surface area contributed by atoms with Gasteiger partial charge in [-0.2, -0.15) is 0 Å². The molecule has 5 heteroatoms. The largest absolute Gasteiger partial charge is 0.466 e. The third-order valence-corrected chi connectivity index (χ3v) is 5.07. The lowest BCUT2D eigenvalue weighted by molar-refractivity contribution is -0.152. The number of carbonyl (C=O) groups excluding carboxylic acids is 2. The number of esters is 2. The summed E-state index contributed by atoms with van der Waals surface area (Å²) < 4.78 is 10.2. The summed E-state index contributed by atoms with van der Waals surface area (Å²) in [6.45, 7) is 4.27. The van der Waals surface area contributed by atoms with E-state index in [4.69, 9.17) is 15.2 Å². The monoisotopic (exact) mass is 267 g/mol. The molecule has 0 bridgehead atoms. The third-order valence-electron chi connectivity index (χ3n) is 5.07. The number of hydrogen-bond donors (Lipinski definition) is 1. The molecule has 0 heterocycles. The Morgan fingerprint density at radius 3 is 2.32 bits per heavy atom. The first kappa shape index (κ1) is 12.9. The van der Waals surface area contributed by atoms with Gasteiger partial charge in [0.05, 0.1) is 19.1 Å². The van der Waals surface area contributed by atoms with Gasteiger partial charge in [0.1, 0.15) is 5.54 Å². The highest BCUT2D eigenvalue weighted by Crippen LogP contribution is 2.78. The van der Waals surface area contributed by atoms with Crippen LogP contribution in [0.4, 0.5) is 0 Å². The maximum Gasteiger partial charge on any atom is 0.326 e. The zero-order valence-corrected chi connectivity index (χ0v) is 11.5. The molecule has 0 amide bonds. The topological polar surface area (TPSA) is 78.6 Å². The van der Waals surface area contributed by atoms with Crippen LogP contribution in [0, 0.1) is 23.2 Å². The molecular formula is C14H21NO4. The molecule has 3 rings (SSSR count). The van der Waals surface area contributed by atoms with Crippen molar-refractivity contribution in [1.82, 2.24) is 0 Å². The van der Waals surface area contributed by atoms with Gasteiger partial charge in [0.2, 0.25) is 0 Å². The van der Waals surface area contributed by atoms with E-state index >= 15 is 0 Å². The van der Waals surface area contributed by atoms with E-state index in [2.05, 4.69) is 0 Å². The first-order valence-electron chi connectivity index (χ1n) is 7.13. The molecule has 4 atom stereocenters. The lowest BCUT2D eigenvalue weighted by Gasteiger charge is -2.27. The Morgan fingerprint density at radius 1 is 1.16 bits per heavy atom. The van der Waals surface area contributed by atoms with Crippen molar-refractivity contribution in [3.8, 4) is 0 Å². The van der Waals surface area contributed by atoms with Crippen LogP contribution in [0.3, 0.4) is 0 Å². The molecule has 3 saturated carbocycles. The number of nitrogens with two attached hydrogens (primary N) is 1. The fraction of sp³-hybridized carbons (Fsp3) is 0.857. The number of ether oxygens (including phenoxy) is 2. The fourth-order valence-corrected chi connectivity index (χ4v) is 4.21. The lowest BCUT2D eigenvalue weighted by Crippen LogP contribution is -2.51. The van der Waals surface area contributed by atoms with Gasteiger partial charge in [0, 0.05) is 5.92 Å². The molecule has 0 aromatic heterocycles. The predicted octanol–water partition coefficient (Wildman–Crippen LogP) is 0.856. The fourth-order valence-electron chi connectivity index (χ4n) is 4.21. The van der Waals surface area contributed by atoms with E-state index in [-0.39, 0.29) is 35.1 Å². The van der Waals surface area contributed by atoms with Crippen molar-refractivity contribution in [1.29, 1.82) is 0 Å². The molecule has 106 valence electrons. The van der Waals surface area contributed by atoms with Gasteiger partial charge < -0.3 is 15.2 Å². The zero-order chi connectivity index (χ0) is 13.8.